The minimum atomic E-state index is -0.248. The molecule has 5 heteroatoms. The topological polar surface area (TPSA) is 26.4 Å². The van der Waals surface area contributed by atoms with E-state index in [2.05, 4.69) is 15.2 Å². The second-order valence-electron chi connectivity index (χ2n) is 8.21. The van der Waals surface area contributed by atoms with E-state index in [1.54, 1.807) is 0 Å². The number of imidazole rings is 1. The van der Waals surface area contributed by atoms with Gasteiger partial charge in [0.25, 0.3) is 0 Å². The molecule has 0 fully saturated rings. The number of ketones is 1. The van der Waals surface area contributed by atoms with Crippen LogP contribution in [0.3, 0.4) is 0 Å². The van der Waals surface area contributed by atoms with Crippen molar-refractivity contribution in [3.05, 3.63) is 76.8 Å². The first kappa shape index (κ1) is 20.1. The summed E-state index contributed by atoms with van der Waals surface area (Å²) in [6.45, 7) is 2.91. The molecule has 0 saturated heterocycles. The Morgan fingerprint density at radius 1 is 1.03 bits per heavy atom. The second kappa shape index (κ2) is 8.01. The number of aryl methyl sites for hydroxylation is 2. The first-order valence-corrected chi connectivity index (χ1v) is 11.3. The summed E-state index contributed by atoms with van der Waals surface area (Å²) in [5, 5.41) is 0.683. The molecule has 0 radical (unpaired) electrons. The number of Topliss-reactive ketones (excluding diaryl/α,β-unsaturated/α-hetero) is 1. The van der Waals surface area contributed by atoms with Crippen molar-refractivity contribution >= 4 is 23.0 Å². The fourth-order valence-electron chi connectivity index (χ4n) is 4.78. The second-order valence-corrected chi connectivity index (χ2v) is 8.64. The van der Waals surface area contributed by atoms with Crippen molar-refractivity contribution in [2.45, 2.75) is 45.6 Å². The molecule has 1 aliphatic rings. The van der Waals surface area contributed by atoms with Crippen LogP contribution in [0.2, 0.25) is 5.02 Å². The van der Waals surface area contributed by atoms with Crippen molar-refractivity contribution in [1.82, 2.24) is 8.97 Å². The molecule has 31 heavy (non-hydrogen) atoms. The Bertz CT molecular complexity index is 1270. The SMILES string of the molecule is CCCC(=O)c1c(-c2ccc(Cl)cc2)c2c3n(c(-c4ccc(F)cc4)cn13)CCCC2. The largest absolute Gasteiger partial charge is 0.325 e. The van der Waals surface area contributed by atoms with Crippen LogP contribution < -0.4 is 0 Å². The van der Waals surface area contributed by atoms with Gasteiger partial charge in [-0.15, -0.1) is 0 Å². The fraction of sp³-hybridized carbons (Fsp3) is 0.269. The lowest BCUT2D eigenvalue weighted by atomic mass is 9.96. The molecule has 0 spiro atoms. The first-order valence-electron chi connectivity index (χ1n) is 10.9. The standard InChI is InChI=1S/C26H24ClFN2O/c1-2-5-23(31)25-24(18-7-11-19(27)12-8-18)21-6-3-4-15-29-22(16-30(25)26(21)29)17-9-13-20(28)14-10-17/h7-14,16H,2-6,15H2,1H3. The Morgan fingerprint density at radius 3 is 2.45 bits per heavy atom. The third kappa shape index (κ3) is 3.39. The quantitative estimate of drug-likeness (QED) is 0.305. The van der Waals surface area contributed by atoms with Crippen molar-refractivity contribution in [3.63, 3.8) is 0 Å². The molecule has 0 amide bonds. The molecule has 3 heterocycles. The van der Waals surface area contributed by atoms with E-state index in [1.807, 2.05) is 43.3 Å². The average Bonchev–Trinajstić information content (AvgIpc) is 3.18. The van der Waals surface area contributed by atoms with Crippen LogP contribution in [0.15, 0.2) is 54.7 Å². The Morgan fingerprint density at radius 2 is 1.74 bits per heavy atom. The molecule has 5 rings (SSSR count). The number of carbonyl (C=O) groups is 1. The molecular weight excluding hydrogens is 411 g/mol. The maximum Gasteiger partial charge on any atom is 0.180 e. The third-order valence-electron chi connectivity index (χ3n) is 6.15. The zero-order valence-corrected chi connectivity index (χ0v) is 18.3. The van der Waals surface area contributed by atoms with E-state index in [-0.39, 0.29) is 11.6 Å². The van der Waals surface area contributed by atoms with Gasteiger partial charge in [0.2, 0.25) is 0 Å². The van der Waals surface area contributed by atoms with E-state index in [9.17, 15) is 9.18 Å². The van der Waals surface area contributed by atoms with Gasteiger partial charge in [-0.3, -0.25) is 9.20 Å². The van der Waals surface area contributed by atoms with Gasteiger partial charge in [0.05, 0.1) is 11.4 Å². The summed E-state index contributed by atoms with van der Waals surface area (Å²) in [5.74, 6) is -0.0977. The van der Waals surface area contributed by atoms with Gasteiger partial charge in [-0.1, -0.05) is 30.7 Å². The fourth-order valence-corrected chi connectivity index (χ4v) is 4.91. The number of halogens is 2. The maximum absolute atomic E-state index is 13.5. The first-order chi connectivity index (χ1) is 15.1. The van der Waals surface area contributed by atoms with Crippen LogP contribution >= 0.6 is 11.6 Å². The summed E-state index contributed by atoms with van der Waals surface area (Å²) in [5.41, 5.74) is 7.09. The summed E-state index contributed by atoms with van der Waals surface area (Å²) >= 11 is 6.14. The lowest BCUT2D eigenvalue weighted by molar-refractivity contribution is 0.0977. The highest BCUT2D eigenvalue weighted by Crippen LogP contribution is 2.40. The van der Waals surface area contributed by atoms with E-state index >= 15 is 0 Å². The van der Waals surface area contributed by atoms with Crippen LogP contribution in [0.4, 0.5) is 4.39 Å². The van der Waals surface area contributed by atoms with E-state index < -0.39 is 0 Å². The number of rotatable bonds is 5. The highest BCUT2D eigenvalue weighted by atomic mass is 35.5. The highest BCUT2D eigenvalue weighted by molar-refractivity contribution is 6.30. The maximum atomic E-state index is 13.5. The van der Waals surface area contributed by atoms with E-state index in [4.69, 9.17) is 11.6 Å². The van der Waals surface area contributed by atoms with E-state index in [0.29, 0.717) is 11.4 Å². The number of carbonyl (C=O) groups excluding carboxylic acids is 1. The van der Waals surface area contributed by atoms with Crippen molar-refractivity contribution < 1.29 is 9.18 Å². The molecule has 0 saturated carbocycles. The molecule has 0 aliphatic carbocycles. The number of aromatic nitrogens is 2. The predicted octanol–water partition coefficient (Wildman–Crippen LogP) is 7.19. The zero-order chi connectivity index (χ0) is 21.5. The summed E-state index contributed by atoms with van der Waals surface area (Å²) in [4.78, 5) is 13.4. The van der Waals surface area contributed by atoms with Crippen molar-refractivity contribution in [3.8, 4) is 22.4 Å². The molecule has 158 valence electrons. The average molecular weight is 435 g/mol. The van der Waals surface area contributed by atoms with Crippen molar-refractivity contribution in [2.24, 2.45) is 0 Å². The van der Waals surface area contributed by atoms with E-state index in [1.165, 1.54) is 17.7 Å². The highest BCUT2D eigenvalue weighted by Gasteiger charge is 2.29. The molecule has 0 unspecified atom stereocenters. The van der Waals surface area contributed by atoms with Crippen molar-refractivity contribution in [1.29, 1.82) is 0 Å². The molecule has 0 atom stereocenters. The van der Waals surface area contributed by atoms with Gasteiger partial charge in [-0.25, -0.2) is 4.39 Å². The monoisotopic (exact) mass is 434 g/mol. The van der Waals surface area contributed by atoms with Crippen LogP contribution in [0.5, 0.6) is 0 Å². The van der Waals surface area contributed by atoms with Gasteiger partial charge in [0.15, 0.2) is 5.78 Å². The summed E-state index contributed by atoms with van der Waals surface area (Å²) in [6.07, 6.45) is 6.40. The van der Waals surface area contributed by atoms with Gasteiger partial charge in [0.1, 0.15) is 11.5 Å². The Balaban J connectivity index is 1.83. The molecule has 2 aromatic carbocycles. The molecule has 2 aromatic heterocycles. The lowest BCUT2D eigenvalue weighted by Gasteiger charge is -2.09. The lowest BCUT2D eigenvalue weighted by Crippen LogP contribution is -2.04. The third-order valence-corrected chi connectivity index (χ3v) is 6.40. The van der Waals surface area contributed by atoms with Crippen LogP contribution in [-0.2, 0) is 13.0 Å². The zero-order valence-electron chi connectivity index (χ0n) is 17.5. The Hall–Kier alpha value is -2.85. The van der Waals surface area contributed by atoms with Crippen LogP contribution in [-0.4, -0.2) is 14.8 Å². The summed E-state index contributed by atoms with van der Waals surface area (Å²) < 4.78 is 17.9. The van der Waals surface area contributed by atoms with Crippen LogP contribution in [0, 0.1) is 5.82 Å². The van der Waals surface area contributed by atoms with Gasteiger partial charge >= 0.3 is 0 Å². The molecular formula is C26H24ClFN2O. The predicted molar refractivity (Wildman–Crippen MR) is 123 cm³/mol. The normalized spacial score (nSPS) is 13.5. The van der Waals surface area contributed by atoms with Gasteiger partial charge < -0.3 is 4.57 Å². The minimum absolute atomic E-state index is 0.150. The molecule has 3 nitrogen and oxygen atoms in total. The molecule has 0 N–H and O–H groups in total. The van der Waals surface area contributed by atoms with Gasteiger partial charge in [-0.05, 0) is 73.2 Å². The van der Waals surface area contributed by atoms with Gasteiger partial charge in [-0.2, -0.15) is 0 Å². The van der Waals surface area contributed by atoms with E-state index in [0.717, 1.165) is 66.0 Å². The van der Waals surface area contributed by atoms with Crippen molar-refractivity contribution in [2.75, 3.05) is 0 Å². The van der Waals surface area contributed by atoms with Gasteiger partial charge in [0, 0.05) is 35.3 Å². The molecule has 4 aromatic rings. The summed E-state index contributed by atoms with van der Waals surface area (Å²) in [6, 6.07) is 14.4. The molecule has 0 bridgehead atoms. The Labute approximate surface area is 186 Å². The Kier molecular flexibility index (Phi) is 5.19. The van der Waals surface area contributed by atoms with Crippen LogP contribution in [0.1, 0.15) is 48.7 Å². The number of benzene rings is 2. The van der Waals surface area contributed by atoms with Crippen LogP contribution in [0.25, 0.3) is 28.0 Å². The smallest absolute Gasteiger partial charge is 0.180 e. The molecule has 1 aliphatic heterocycles. The summed E-state index contributed by atoms with van der Waals surface area (Å²) in [7, 11) is 0. The number of hydrogen-bond acceptors (Lipinski definition) is 1. The minimum Gasteiger partial charge on any atom is -0.325 e. The number of nitrogens with zero attached hydrogens (tertiary/aromatic N) is 2. The number of hydrogen-bond donors (Lipinski definition) is 0.